The van der Waals surface area contributed by atoms with Crippen LogP contribution in [0.15, 0.2) is 12.1 Å². The number of methoxy groups -OCH3 is 2. The molecule has 5 nitrogen and oxygen atoms in total. The second-order valence-corrected chi connectivity index (χ2v) is 4.58. The molecule has 0 radical (unpaired) electrons. The fraction of sp³-hybridized carbons (Fsp3) is 0.571. The minimum absolute atomic E-state index is 0.334. The molecule has 0 aromatic heterocycles. The number of ether oxygens (including phenoxy) is 3. The zero-order valence-corrected chi connectivity index (χ0v) is 11.8. The molecular weight excluding hydrogens is 244 g/mol. The highest BCUT2D eigenvalue weighted by molar-refractivity contribution is 5.64. The number of benzene rings is 1. The lowest BCUT2D eigenvalue weighted by Crippen LogP contribution is -2.45. The number of nitrogens with one attached hydrogen (secondary N) is 2. The Bertz CT molecular complexity index is 417. The summed E-state index contributed by atoms with van der Waals surface area (Å²) in [7, 11) is 3.34. The second-order valence-electron chi connectivity index (χ2n) is 4.58. The van der Waals surface area contributed by atoms with E-state index in [9.17, 15) is 0 Å². The van der Waals surface area contributed by atoms with Gasteiger partial charge in [0.05, 0.1) is 33.1 Å². The summed E-state index contributed by atoms with van der Waals surface area (Å²) >= 11 is 0. The average Bonchev–Trinajstić information content (AvgIpc) is 2.46. The average molecular weight is 266 g/mol. The Morgan fingerprint density at radius 2 is 2.21 bits per heavy atom. The monoisotopic (exact) mass is 266 g/mol. The van der Waals surface area contributed by atoms with E-state index in [4.69, 9.17) is 14.2 Å². The van der Waals surface area contributed by atoms with E-state index < -0.39 is 0 Å². The maximum atomic E-state index is 5.46. The molecule has 1 aliphatic heterocycles. The maximum Gasteiger partial charge on any atom is 0.148 e. The highest BCUT2D eigenvalue weighted by atomic mass is 16.5. The van der Waals surface area contributed by atoms with Gasteiger partial charge in [0.15, 0.2) is 0 Å². The zero-order chi connectivity index (χ0) is 13.7. The molecule has 0 spiro atoms. The highest BCUT2D eigenvalue weighted by Gasteiger charge is 2.15. The standard InChI is InChI=1S/C14H22N2O3/c1-10-13(17-2)5-4-12(14(10)18-3)16-8-11-9-19-7-6-15-11/h4-5,11,15-16H,6-9H2,1-3H3. The van der Waals surface area contributed by atoms with Gasteiger partial charge in [-0.1, -0.05) is 0 Å². The lowest BCUT2D eigenvalue weighted by molar-refractivity contribution is 0.0806. The molecule has 1 aromatic carbocycles. The van der Waals surface area contributed by atoms with Gasteiger partial charge in [0.2, 0.25) is 0 Å². The van der Waals surface area contributed by atoms with Gasteiger partial charge in [-0.25, -0.2) is 0 Å². The van der Waals surface area contributed by atoms with Crippen molar-refractivity contribution in [2.75, 3.05) is 45.8 Å². The summed E-state index contributed by atoms with van der Waals surface area (Å²) in [5.74, 6) is 1.66. The van der Waals surface area contributed by atoms with Crippen LogP contribution in [-0.2, 0) is 4.74 Å². The van der Waals surface area contributed by atoms with Gasteiger partial charge in [-0.3, -0.25) is 0 Å². The van der Waals surface area contributed by atoms with E-state index in [1.54, 1.807) is 14.2 Å². The summed E-state index contributed by atoms with van der Waals surface area (Å²) in [6, 6.07) is 4.26. The van der Waals surface area contributed by atoms with Crippen molar-refractivity contribution in [2.45, 2.75) is 13.0 Å². The Labute approximate surface area is 114 Å². The van der Waals surface area contributed by atoms with Crippen LogP contribution >= 0.6 is 0 Å². The molecular formula is C14H22N2O3. The van der Waals surface area contributed by atoms with Crippen LogP contribution in [0.4, 0.5) is 5.69 Å². The molecule has 19 heavy (non-hydrogen) atoms. The van der Waals surface area contributed by atoms with Crippen LogP contribution in [0, 0.1) is 6.92 Å². The Morgan fingerprint density at radius 1 is 1.37 bits per heavy atom. The van der Waals surface area contributed by atoms with Crippen molar-refractivity contribution in [3.63, 3.8) is 0 Å². The first-order valence-corrected chi connectivity index (χ1v) is 6.53. The van der Waals surface area contributed by atoms with Crippen molar-refractivity contribution >= 4 is 5.69 Å². The van der Waals surface area contributed by atoms with Gasteiger partial charge in [0.25, 0.3) is 0 Å². The molecule has 0 amide bonds. The first-order valence-electron chi connectivity index (χ1n) is 6.53. The summed E-state index contributed by atoms with van der Waals surface area (Å²) in [4.78, 5) is 0. The number of hydrogen-bond acceptors (Lipinski definition) is 5. The van der Waals surface area contributed by atoms with E-state index in [1.165, 1.54) is 0 Å². The SMILES string of the molecule is COc1ccc(NCC2COCCN2)c(OC)c1C. The van der Waals surface area contributed by atoms with E-state index in [2.05, 4.69) is 10.6 Å². The molecule has 106 valence electrons. The zero-order valence-electron chi connectivity index (χ0n) is 11.8. The minimum atomic E-state index is 0.334. The lowest BCUT2D eigenvalue weighted by Gasteiger charge is -2.25. The van der Waals surface area contributed by atoms with Crippen LogP contribution in [0.25, 0.3) is 0 Å². The summed E-state index contributed by atoms with van der Waals surface area (Å²) in [5, 5.41) is 6.81. The molecule has 5 heteroatoms. The second kappa shape index (κ2) is 6.63. The molecule has 2 N–H and O–H groups in total. The number of hydrogen-bond donors (Lipinski definition) is 2. The first kappa shape index (κ1) is 14.0. The number of morpholine rings is 1. The molecule has 2 rings (SSSR count). The summed E-state index contributed by atoms with van der Waals surface area (Å²) in [6.07, 6.45) is 0. The highest BCUT2D eigenvalue weighted by Crippen LogP contribution is 2.34. The fourth-order valence-electron chi connectivity index (χ4n) is 2.28. The van der Waals surface area contributed by atoms with Crippen LogP contribution < -0.4 is 20.1 Å². The molecule has 1 atom stereocenters. The lowest BCUT2D eigenvalue weighted by atomic mass is 10.1. The topological polar surface area (TPSA) is 51.8 Å². The van der Waals surface area contributed by atoms with Gasteiger partial charge in [-0.05, 0) is 19.1 Å². The van der Waals surface area contributed by atoms with E-state index in [1.807, 2.05) is 19.1 Å². The maximum absolute atomic E-state index is 5.46. The van der Waals surface area contributed by atoms with E-state index >= 15 is 0 Å². The number of anilines is 1. The van der Waals surface area contributed by atoms with E-state index in [-0.39, 0.29) is 0 Å². The van der Waals surface area contributed by atoms with Gasteiger partial charge in [-0.15, -0.1) is 0 Å². The van der Waals surface area contributed by atoms with E-state index in [0.29, 0.717) is 6.04 Å². The first-order chi connectivity index (χ1) is 9.26. The van der Waals surface area contributed by atoms with Crippen LogP contribution in [0.1, 0.15) is 5.56 Å². The predicted molar refractivity (Wildman–Crippen MR) is 75.4 cm³/mol. The smallest absolute Gasteiger partial charge is 0.148 e. The van der Waals surface area contributed by atoms with Gasteiger partial charge in [0.1, 0.15) is 11.5 Å². The number of rotatable bonds is 5. The van der Waals surface area contributed by atoms with E-state index in [0.717, 1.165) is 49.1 Å². The summed E-state index contributed by atoms with van der Waals surface area (Å²) in [5.41, 5.74) is 1.98. The molecule has 1 fully saturated rings. The van der Waals surface area contributed by atoms with Crippen LogP contribution in [0.2, 0.25) is 0 Å². The van der Waals surface area contributed by atoms with Crippen molar-refractivity contribution in [2.24, 2.45) is 0 Å². The van der Waals surface area contributed by atoms with Gasteiger partial charge in [-0.2, -0.15) is 0 Å². The predicted octanol–water partition coefficient (Wildman–Crippen LogP) is 1.41. The van der Waals surface area contributed by atoms with Crippen molar-refractivity contribution in [1.29, 1.82) is 0 Å². The Balaban J connectivity index is 2.04. The third kappa shape index (κ3) is 3.30. The van der Waals surface area contributed by atoms with Crippen molar-refractivity contribution in [3.8, 4) is 11.5 Å². The molecule has 1 aliphatic rings. The molecule has 1 aromatic rings. The molecule has 1 unspecified atom stereocenters. The molecule has 0 aliphatic carbocycles. The summed E-state index contributed by atoms with van der Waals surface area (Å²) < 4.78 is 16.2. The van der Waals surface area contributed by atoms with Gasteiger partial charge < -0.3 is 24.8 Å². The normalized spacial score (nSPS) is 19.0. The molecule has 1 saturated heterocycles. The van der Waals surface area contributed by atoms with Crippen molar-refractivity contribution in [3.05, 3.63) is 17.7 Å². The third-order valence-corrected chi connectivity index (χ3v) is 3.32. The van der Waals surface area contributed by atoms with Crippen LogP contribution in [0.3, 0.4) is 0 Å². The largest absolute Gasteiger partial charge is 0.496 e. The quantitative estimate of drug-likeness (QED) is 0.844. The van der Waals surface area contributed by atoms with Crippen molar-refractivity contribution < 1.29 is 14.2 Å². The minimum Gasteiger partial charge on any atom is -0.496 e. The molecule has 0 saturated carbocycles. The Morgan fingerprint density at radius 3 is 2.84 bits per heavy atom. The Hall–Kier alpha value is -1.46. The summed E-state index contributed by atoms with van der Waals surface area (Å²) in [6.45, 7) is 5.24. The molecule has 1 heterocycles. The van der Waals surface area contributed by atoms with Gasteiger partial charge in [0, 0.05) is 24.7 Å². The third-order valence-electron chi connectivity index (χ3n) is 3.32. The van der Waals surface area contributed by atoms with Crippen LogP contribution in [0.5, 0.6) is 11.5 Å². The van der Waals surface area contributed by atoms with Gasteiger partial charge >= 0.3 is 0 Å². The Kier molecular flexibility index (Phi) is 4.87. The fourth-order valence-corrected chi connectivity index (χ4v) is 2.28. The van der Waals surface area contributed by atoms with Crippen molar-refractivity contribution in [1.82, 2.24) is 5.32 Å². The van der Waals surface area contributed by atoms with Crippen LogP contribution in [-0.4, -0.2) is 46.6 Å². The molecule has 0 bridgehead atoms.